The van der Waals surface area contributed by atoms with Gasteiger partial charge < -0.3 is 20.1 Å². The van der Waals surface area contributed by atoms with Gasteiger partial charge >= 0.3 is 0 Å². The van der Waals surface area contributed by atoms with Gasteiger partial charge in [-0.15, -0.1) is 11.3 Å². The molecule has 1 saturated heterocycles. The molecule has 0 unspecified atom stereocenters. The summed E-state index contributed by atoms with van der Waals surface area (Å²) in [5.74, 6) is 0. The highest BCUT2D eigenvalue weighted by atomic mass is 32.1. The Balaban J connectivity index is 1.80. The maximum atomic E-state index is 10.2. The molecule has 4 rings (SSSR count). The summed E-state index contributed by atoms with van der Waals surface area (Å²) in [5, 5.41) is 31.8. The van der Waals surface area contributed by atoms with Crippen molar-refractivity contribution in [3.8, 4) is 10.7 Å². The summed E-state index contributed by atoms with van der Waals surface area (Å²) in [6.45, 7) is -0.388. The maximum absolute atomic E-state index is 10.2. The molecular weight excluding hydrogens is 322 g/mol. The Morgan fingerprint density at radius 3 is 2.74 bits per heavy atom. The Morgan fingerprint density at radius 2 is 2.04 bits per heavy atom. The van der Waals surface area contributed by atoms with Gasteiger partial charge in [0.25, 0.3) is 0 Å². The minimum absolute atomic E-state index is 0.388. The molecule has 0 aliphatic carbocycles. The zero-order chi connectivity index (χ0) is 16.0. The van der Waals surface area contributed by atoms with Crippen LogP contribution in [0.2, 0.25) is 0 Å². The molecule has 4 atom stereocenters. The number of hydrogen-bond donors (Lipinski definition) is 3. The Morgan fingerprint density at radius 1 is 1.17 bits per heavy atom. The first kappa shape index (κ1) is 14.6. The van der Waals surface area contributed by atoms with Crippen LogP contribution in [-0.2, 0) is 4.74 Å². The number of aliphatic hydroxyl groups is 3. The fourth-order valence-corrected chi connectivity index (χ4v) is 3.28. The highest BCUT2D eigenvalue weighted by Gasteiger charge is 2.44. The van der Waals surface area contributed by atoms with Crippen LogP contribution in [-0.4, -0.2) is 64.7 Å². The summed E-state index contributed by atoms with van der Waals surface area (Å²) >= 11 is 1.43. The molecule has 0 saturated carbocycles. The summed E-state index contributed by atoms with van der Waals surface area (Å²) in [4.78, 5) is 16.9. The van der Waals surface area contributed by atoms with E-state index in [0.717, 1.165) is 0 Å². The van der Waals surface area contributed by atoms with Crippen molar-refractivity contribution in [2.24, 2.45) is 0 Å². The van der Waals surface area contributed by atoms with Gasteiger partial charge in [-0.2, -0.15) is 0 Å². The summed E-state index contributed by atoms with van der Waals surface area (Å²) in [5.41, 5.74) is 1.58. The third-order valence-corrected chi connectivity index (χ3v) is 4.56. The SMILES string of the molecule is OC[C@H]1O[C@@H](n2cnc3c(-c4nccs4)ncnc32)[C@H](O)[C@@H]1O. The van der Waals surface area contributed by atoms with Crippen LogP contribution in [0, 0.1) is 0 Å². The zero-order valence-corrected chi connectivity index (χ0v) is 12.5. The van der Waals surface area contributed by atoms with E-state index in [1.807, 2.05) is 5.38 Å². The minimum atomic E-state index is -1.19. The Kier molecular flexibility index (Phi) is 3.54. The van der Waals surface area contributed by atoms with E-state index in [0.29, 0.717) is 21.9 Å². The van der Waals surface area contributed by atoms with Crippen molar-refractivity contribution in [1.29, 1.82) is 0 Å². The highest BCUT2D eigenvalue weighted by molar-refractivity contribution is 7.13. The molecule has 0 radical (unpaired) electrons. The van der Waals surface area contributed by atoms with Crippen molar-refractivity contribution >= 4 is 22.5 Å². The lowest BCUT2D eigenvalue weighted by Gasteiger charge is -2.16. The predicted molar refractivity (Wildman–Crippen MR) is 79.4 cm³/mol. The van der Waals surface area contributed by atoms with E-state index in [2.05, 4.69) is 19.9 Å². The second-order valence-corrected chi connectivity index (χ2v) is 6.01. The lowest BCUT2D eigenvalue weighted by molar-refractivity contribution is -0.0511. The number of aromatic nitrogens is 5. The van der Waals surface area contributed by atoms with Gasteiger partial charge in [-0.05, 0) is 0 Å². The molecule has 0 amide bonds. The quantitative estimate of drug-likeness (QED) is 0.588. The normalized spacial score (nSPS) is 27.8. The van der Waals surface area contributed by atoms with Crippen LogP contribution in [0.25, 0.3) is 21.9 Å². The summed E-state index contributed by atoms with van der Waals surface area (Å²) in [6, 6.07) is 0. The average molecular weight is 335 g/mol. The van der Waals surface area contributed by atoms with Crippen molar-refractivity contribution in [2.45, 2.75) is 24.5 Å². The first-order chi connectivity index (χ1) is 11.2. The van der Waals surface area contributed by atoms with Gasteiger partial charge in [-0.3, -0.25) is 4.57 Å². The number of thiazole rings is 1. The molecular formula is C13H13N5O4S. The predicted octanol–water partition coefficient (Wildman–Crippen LogP) is -0.439. The van der Waals surface area contributed by atoms with E-state index in [9.17, 15) is 15.3 Å². The van der Waals surface area contributed by atoms with Crippen LogP contribution < -0.4 is 0 Å². The molecule has 1 aliphatic heterocycles. The van der Waals surface area contributed by atoms with Gasteiger partial charge in [-0.25, -0.2) is 19.9 Å². The lowest BCUT2D eigenvalue weighted by atomic mass is 10.1. The lowest BCUT2D eigenvalue weighted by Crippen LogP contribution is -2.33. The number of nitrogens with zero attached hydrogens (tertiary/aromatic N) is 5. The van der Waals surface area contributed by atoms with Crippen LogP contribution in [0.15, 0.2) is 24.2 Å². The molecule has 0 aromatic carbocycles. The molecule has 0 bridgehead atoms. The largest absolute Gasteiger partial charge is 0.394 e. The van der Waals surface area contributed by atoms with Crippen molar-refractivity contribution < 1.29 is 20.1 Å². The second kappa shape index (κ2) is 5.58. The van der Waals surface area contributed by atoms with E-state index >= 15 is 0 Å². The standard InChI is InChI=1S/C13H13N5O4S/c19-3-6-9(20)10(21)13(22-6)18-5-17-7-8(12-14-1-2-23-12)15-4-16-11(7)18/h1-2,4-6,9-10,13,19-21H,3H2/t6-,9-,10-,13-/m1/s1. The molecule has 0 spiro atoms. The fraction of sp³-hybridized carbons (Fsp3) is 0.385. The van der Waals surface area contributed by atoms with E-state index in [4.69, 9.17) is 4.74 Å². The zero-order valence-electron chi connectivity index (χ0n) is 11.7. The molecule has 1 fully saturated rings. The Bertz CT molecular complexity index is 823. The van der Waals surface area contributed by atoms with Crippen LogP contribution >= 0.6 is 11.3 Å². The highest BCUT2D eigenvalue weighted by Crippen LogP contribution is 2.33. The van der Waals surface area contributed by atoms with Gasteiger partial charge in [0.2, 0.25) is 0 Å². The van der Waals surface area contributed by atoms with E-state index < -0.39 is 24.5 Å². The van der Waals surface area contributed by atoms with Gasteiger partial charge in [-0.1, -0.05) is 0 Å². The van der Waals surface area contributed by atoms with E-state index in [1.54, 1.807) is 6.20 Å². The summed E-state index contributed by atoms with van der Waals surface area (Å²) < 4.78 is 7.04. The Labute approximate surface area is 133 Å². The first-order valence-electron chi connectivity index (χ1n) is 6.90. The van der Waals surface area contributed by atoms with E-state index in [-0.39, 0.29) is 6.61 Å². The molecule has 9 nitrogen and oxygen atoms in total. The smallest absolute Gasteiger partial charge is 0.166 e. The summed E-state index contributed by atoms with van der Waals surface area (Å²) in [7, 11) is 0. The molecule has 3 aromatic heterocycles. The van der Waals surface area contributed by atoms with Crippen molar-refractivity contribution in [3.05, 3.63) is 24.2 Å². The first-order valence-corrected chi connectivity index (χ1v) is 7.78. The third-order valence-electron chi connectivity index (χ3n) is 3.78. The minimum Gasteiger partial charge on any atom is -0.394 e. The molecule has 120 valence electrons. The number of aliphatic hydroxyl groups excluding tert-OH is 3. The number of fused-ring (bicyclic) bond motifs is 1. The van der Waals surface area contributed by atoms with Crippen LogP contribution in [0.5, 0.6) is 0 Å². The van der Waals surface area contributed by atoms with Gasteiger partial charge in [0.1, 0.15) is 40.9 Å². The third kappa shape index (κ3) is 2.23. The van der Waals surface area contributed by atoms with Gasteiger partial charge in [0.05, 0.1) is 12.9 Å². The average Bonchev–Trinajstić information content (AvgIpc) is 3.28. The molecule has 3 aromatic rings. The van der Waals surface area contributed by atoms with Crippen molar-refractivity contribution in [1.82, 2.24) is 24.5 Å². The fourth-order valence-electron chi connectivity index (χ4n) is 2.64. The number of imidazole rings is 1. The summed E-state index contributed by atoms with van der Waals surface area (Å²) in [6.07, 6.45) is 0.427. The monoisotopic (exact) mass is 335 g/mol. The molecule has 3 N–H and O–H groups in total. The number of ether oxygens (including phenoxy) is 1. The van der Waals surface area contributed by atoms with E-state index in [1.165, 1.54) is 28.6 Å². The molecule has 23 heavy (non-hydrogen) atoms. The van der Waals surface area contributed by atoms with Crippen molar-refractivity contribution in [3.63, 3.8) is 0 Å². The van der Waals surface area contributed by atoms with Gasteiger partial charge in [0.15, 0.2) is 11.9 Å². The maximum Gasteiger partial charge on any atom is 0.166 e. The van der Waals surface area contributed by atoms with Gasteiger partial charge in [0, 0.05) is 11.6 Å². The van der Waals surface area contributed by atoms with Crippen LogP contribution in [0.4, 0.5) is 0 Å². The number of hydrogen-bond acceptors (Lipinski definition) is 9. The van der Waals surface area contributed by atoms with Crippen molar-refractivity contribution in [2.75, 3.05) is 6.61 Å². The molecule has 4 heterocycles. The molecule has 10 heteroatoms. The number of rotatable bonds is 3. The molecule has 1 aliphatic rings. The second-order valence-electron chi connectivity index (χ2n) is 5.11. The van der Waals surface area contributed by atoms with Crippen LogP contribution in [0.1, 0.15) is 6.23 Å². The topological polar surface area (TPSA) is 126 Å². The Hall–Kier alpha value is -1.98. The van der Waals surface area contributed by atoms with Crippen LogP contribution in [0.3, 0.4) is 0 Å².